The summed E-state index contributed by atoms with van der Waals surface area (Å²) in [5.74, 6) is 1.47. The number of hydrogen-bond donors (Lipinski definition) is 0. The first kappa shape index (κ1) is 17.3. The lowest BCUT2D eigenvalue weighted by atomic mass is 9.98. The molecular formula is C20H23NO4. The van der Waals surface area contributed by atoms with E-state index in [1.807, 2.05) is 31.2 Å². The van der Waals surface area contributed by atoms with Crippen molar-refractivity contribution in [2.75, 3.05) is 19.7 Å². The van der Waals surface area contributed by atoms with E-state index < -0.39 is 0 Å². The van der Waals surface area contributed by atoms with Gasteiger partial charge in [0.1, 0.15) is 11.5 Å². The Bertz CT molecular complexity index is 811. The summed E-state index contributed by atoms with van der Waals surface area (Å²) in [5, 5.41) is 0. The zero-order valence-corrected chi connectivity index (χ0v) is 14.7. The minimum absolute atomic E-state index is 0.116. The molecule has 1 saturated heterocycles. The van der Waals surface area contributed by atoms with Gasteiger partial charge in [0, 0.05) is 31.1 Å². The minimum atomic E-state index is -0.221. The van der Waals surface area contributed by atoms with Gasteiger partial charge in [-0.3, -0.25) is 9.59 Å². The van der Waals surface area contributed by atoms with Gasteiger partial charge in [-0.1, -0.05) is 12.1 Å². The van der Waals surface area contributed by atoms with E-state index >= 15 is 0 Å². The van der Waals surface area contributed by atoms with Crippen LogP contribution in [0.1, 0.15) is 34.7 Å². The number of aryl methyl sites for hydroxylation is 2. The van der Waals surface area contributed by atoms with E-state index in [4.69, 9.17) is 9.15 Å². The molecule has 5 heteroatoms. The largest absolute Gasteiger partial charge is 0.493 e. The molecular weight excluding hydrogens is 318 g/mol. The monoisotopic (exact) mass is 341 g/mol. The van der Waals surface area contributed by atoms with Gasteiger partial charge < -0.3 is 14.1 Å². The van der Waals surface area contributed by atoms with Crippen molar-refractivity contribution in [3.05, 3.63) is 63.7 Å². The van der Waals surface area contributed by atoms with Crippen LogP contribution in [0, 0.1) is 19.8 Å². The van der Waals surface area contributed by atoms with Gasteiger partial charge in [-0.15, -0.1) is 0 Å². The van der Waals surface area contributed by atoms with E-state index in [0.29, 0.717) is 25.5 Å². The van der Waals surface area contributed by atoms with Crippen LogP contribution in [-0.4, -0.2) is 30.5 Å². The highest BCUT2D eigenvalue weighted by molar-refractivity contribution is 5.91. The Hall–Kier alpha value is -2.56. The Morgan fingerprint density at radius 1 is 1.28 bits per heavy atom. The number of piperidine rings is 1. The summed E-state index contributed by atoms with van der Waals surface area (Å²) in [6.45, 7) is 5.57. The summed E-state index contributed by atoms with van der Waals surface area (Å²) in [6.07, 6.45) is 1.94. The van der Waals surface area contributed by atoms with Crippen LogP contribution in [0.2, 0.25) is 0 Å². The van der Waals surface area contributed by atoms with E-state index in [9.17, 15) is 9.59 Å². The predicted molar refractivity (Wildman–Crippen MR) is 95.0 cm³/mol. The molecule has 1 amide bonds. The first-order chi connectivity index (χ1) is 12.0. The van der Waals surface area contributed by atoms with Crippen molar-refractivity contribution in [1.29, 1.82) is 0 Å². The second-order valence-corrected chi connectivity index (χ2v) is 6.65. The van der Waals surface area contributed by atoms with Crippen molar-refractivity contribution < 1.29 is 13.9 Å². The Balaban J connectivity index is 1.62. The molecule has 0 N–H and O–H groups in total. The third-order valence-corrected chi connectivity index (χ3v) is 4.38. The molecule has 5 nitrogen and oxygen atoms in total. The Kier molecular flexibility index (Phi) is 5.22. The van der Waals surface area contributed by atoms with Gasteiger partial charge in [0.2, 0.25) is 0 Å². The molecule has 0 saturated carbocycles. The molecule has 0 radical (unpaired) electrons. The zero-order chi connectivity index (χ0) is 17.8. The van der Waals surface area contributed by atoms with Crippen LogP contribution in [0.4, 0.5) is 0 Å². The summed E-state index contributed by atoms with van der Waals surface area (Å²) >= 11 is 0. The van der Waals surface area contributed by atoms with Crippen molar-refractivity contribution in [1.82, 2.24) is 4.90 Å². The van der Waals surface area contributed by atoms with E-state index in [-0.39, 0.29) is 23.0 Å². The van der Waals surface area contributed by atoms with Gasteiger partial charge in [-0.05, 0) is 44.4 Å². The molecule has 0 spiro atoms. The normalized spacial score (nSPS) is 17.4. The molecule has 25 heavy (non-hydrogen) atoms. The molecule has 0 unspecified atom stereocenters. The fraction of sp³-hybridized carbons (Fsp3) is 0.400. The van der Waals surface area contributed by atoms with Crippen molar-refractivity contribution >= 4 is 5.91 Å². The summed E-state index contributed by atoms with van der Waals surface area (Å²) in [7, 11) is 0. The molecule has 1 atom stereocenters. The number of benzene rings is 1. The number of amides is 1. The van der Waals surface area contributed by atoms with Gasteiger partial charge in [0.15, 0.2) is 11.2 Å². The predicted octanol–water partition coefficient (Wildman–Crippen LogP) is 3.19. The van der Waals surface area contributed by atoms with E-state index in [0.717, 1.165) is 24.2 Å². The summed E-state index contributed by atoms with van der Waals surface area (Å²) < 4.78 is 11.3. The SMILES string of the molecule is Cc1cccc(OC[C@@H]2CCCN(C(=O)c3cc(=O)cc(C)o3)C2)c1. The van der Waals surface area contributed by atoms with Gasteiger partial charge in [-0.2, -0.15) is 0 Å². The maximum absolute atomic E-state index is 12.6. The maximum atomic E-state index is 12.6. The van der Waals surface area contributed by atoms with E-state index in [1.54, 1.807) is 11.8 Å². The van der Waals surface area contributed by atoms with Crippen LogP contribution in [0.15, 0.2) is 45.6 Å². The van der Waals surface area contributed by atoms with Gasteiger partial charge in [-0.25, -0.2) is 0 Å². The number of carbonyl (C=O) groups is 1. The lowest BCUT2D eigenvalue weighted by Gasteiger charge is -2.32. The fourth-order valence-electron chi connectivity index (χ4n) is 3.17. The average Bonchev–Trinajstić information content (AvgIpc) is 2.59. The number of nitrogens with zero attached hydrogens (tertiary/aromatic N) is 1. The lowest BCUT2D eigenvalue weighted by Crippen LogP contribution is -2.41. The molecule has 0 bridgehead atoms. The van der Waals surface area contributed by atoms with Crippen LogP contribution < -0.4 is 10.2 Å². The number of ether oxygens (including phenoxy) is 1. The smallest absolute Gasteiger partial charge is 0.289 e. The van der Waals surface area contributed by atoms with Crippen LogP contribution in [0.25, 0.3) is 0 Å². The number of hydrogen-bond acceptors (Lipinski definition) is 4. The molecule has 1 aliphatic rings. The van der Waals surface area contributed by atoms with Crippen LogP contribution in [-0.2, 0) is 0 Å². The van der Waals surface area contributed by atoms with Gasteiger partial charge in [0.05, 0.1) is 6.61 Å². The molecule has 3 rings (SSSR count). The first-order valence-corrected chi connectivity index (χ1v) is 8.62. The van der Waals surface area contributed by atoms with Crippen molar-refractivity contribution in [3.8, 4) is 5.75 Å². The quantitative estimate of drug-likeness (QED) is 0.857. The third-order valence-electron chi connectivity index (χ3n) is 4.38. The second kappa shape index (κ2) is 7.55. The molecule has 1 aromatic heterocycles. The first-order valence-electron chi connectivity index (χ1n) is 8.62. The second-order valence-electron chi connectivity index (χ2n) is 6.65. The average molecular weight is 341 g/mol. The van der Waals surface area contributed by atoms with Crippen molar-refractivity contribution in [2.24, 2.45) is 5.92 Å². The minimum Gasteiger partial charge on any atom is -0.493 e. The number of rotatable bonds is 4. The Morgan fingerprint density at radius 3 is 2.88 bits per heavy atom. The van der Waals surface area contributed by atoms with Crippen LogP contribution >= 0.6 is 0 Å². The summed E-state index contributed by atoms with van der Waals surface area (Å²) in [4.78, 5) is 26.0. The van der Waals surface area contributed by atoms with Crippen LogP contribution in [0.5, 0.6) is 5.75 Å². The highest BCUT2D eigenvalue weighted by Gasteiger charge is 2.26. The standard InChI is InChI=1S/C20H23NO4/c1-14-5-3-7-18(9-14)24-13-16-6-4-8-21(12-16)20(23)19-11-17(22)10-15(2)25-19/h3,5,7,9-11,16H,4,6,8,12-13H2,1-2H3/t16-/m1/s1. The van der Waals surface area contributed by atoms with Gasteiger partial charge in [0.25, 0.3) is 5.91 Å². The summed E-state index contributed by atoms with van der Waals surface area (Å²) in [6, 6.07) is 10.6. The van der Waals surface area contributed by atoms with Crippen molar-refractivity contribution in [2.45, 2.75) is 26.7 Å². The third kappa shape index (κ3) is 4.50. The highest BCUT2D eigenvalue weighted by Crippen LogP contribution is 2.21. The molecule has 1 aromatic carbocycles. The highest BCUT2D eigenvalue weighted by atomic mass is 16.5. The fourth-order valence-corrected chi connectivity index (χ4v) is 3.17. The number of likely N-dealkylation sites (tertiary alicyclic amines) is 1. The zero-order valence-electron chi connectivity index (χ0n) is 14.7. The molecule has 132 valence electrons. The van der Waals surface area contributed by atoms with E-state index in [1.165, 1.54) is 12.1 Å². The number of carbonyl (C=O) groups excluding carboxylic acids is 1. The van der Waals surface area contributed by atoms with E-state index in [2.05, 4.69) is 0 Å². The molecule has 2 heterocycles. The van der Waals surface area contributed by atoms with Gasteiger partial charge >= 0.3 is 0 Å². The maximum Gasteiger partial charge on any atom is 0.289 e. The molecule has 1 fully saturated rings. The molecule has 0 aliphatic carbocycles. The molecule has 2 aromatic rings. The van der Waals surface area contributed by atoms with Crippen LogP contribution in [0.3, 0.4) is 0 Å². The Morgan fingerprint density at radius 2 is 2.12 bits per heavy atom. The Labute approximate surface area is 147 Å². The molecule has 1 aliphatic heterocycles. The lowest BCUT2D eigenvalue weighted by molar-refractivity contribution is 0.0598. The topological polar surface area (TPSA) is 59.8 Å². The summed E-state index contributed by atoms with van der Waals surface area (Å²) in [5.41, 5.74) is 0.955. The van der Waals surface area contributed by atoms with Crippen molar-refractivity contribution in [3.63, 3.8) is 0 Å².